The summed E-state index contributed by atoms with van der Waals surface area (Å²) in [7, 11) is 5.95. The van der Waals surface area contributed by atoms with Gasteiger partial charge in [-0.15, -0.1) is 0 Å². The number of rotatable bonds is 4. The van der Waals surface area contributed by atoms with Crippen LogP contribution >= 0.6 is 0 Å². The maximum absolute atomic E-state index is 5.39. The SMILES string of the molecule is COc1cccc2c1ccn2CC(C)(C)N(C)C. The summed E-state index contributed by atoms with van der Waals surface area (Å²) in [6.07, 6.45) is 2.14. The summed E-state index contributed by atoms with van der Waals surface area (Å²) < 4.78 is 7.68. The zero-order valence-corrected chi connectivity index (χ0v) is 11.9. The van der Waals surface area contributed by atoms with Gasteiger partial charge in [0.15, 0.2) is 0 Å². The molecule has 3 heteroatoms. The van der Waals surface area contributed by atoms with E-state index < -0.39 is 0 Å². The van der Waals surface area contributed by atoms with Crippen LogP contribution in [0.5, 0.6) is 5.75 Å². The Balaban J connectivity index is 2.42. The largest absolute Gasteiger partial charge is 0.496 e. The first-order valence-electron chi connectivity index (χ1n) is 6.25. The van der Waals surface area contributed by atoms with Gasteiger partial charge in [-0.3, -0.25) is 0 Å². The van der Waals surface area contributed by atoms with Crippen LogP contribution < -0.4 is 4.74 Å². The molecule has 18 heavy (non-hydrogen) atoms. The smallest absolute Gasteiger partial charge is 0.128 e. The highest BCUT2D eigenvalue weighted by atomic mass is 16.5. The summed E-state index contributed by atoms with van der Waals surface area (Å²) in [5, 5.41) is 1.18. The molecule has 2 aromatic rings. The van der Waals surface area contributed by atoms with Crippen LogP contribution in [0.1, 0.15) is 13.8 Å². The lowest BCUT2D eigenvalue weighted by atomic mass is 10.0. The molecule has 0 aliphatic carbocycles. The van der Waals surface area contributed by atoms with Gasteiger partial charge in [-0.25, -0.2) is 0 Å². The summed E-state index contributed by atoms with van der Waals surface area (Å²) in [6, 6.07) is 8.31. The molecule has 0 atom stereocenters. The zero-order valence-electron chi connectivity index (χ0n) is 11.9. The maximum Gasteiger partial charge on any atom is 0.128 e. The molecule has 0 bridgehead atoms. The summed E-state index contributed by atoms with van der Waals surface area (Å²) in [5.74, 6) is 0.939. The molecular formula is C15H22N2O. The van der Waals surface area contributed by atoms with Crippen LogP contribution in [0.15, 0.2) is 30.5 Å². The highest BCUT2D eigenvalue weighted by Gasteiger charge is 2.21. The number of likely N-dealkylation sites (N-methyl/N-ethyl adjacent to an activating group) is 1. The van der Waals surface area contributed by atoms with E-state index in [0.717, 1.165) is 12.3 Å². The number of ether oxygens (including phenoxy) is 1. The van der Waals surface area contributed by atoms with Gasteiger partial charge < -0.3 is 14.2 Å². The van der Waals surface area contributed by atoms with Gasteiger partial charge in [-0.2, -0.15) is 0 Å². The quantitative estimate of drug-likeness (QED) is 0.825. The highest BCUT2D eigenvalue weighted by molar-refractivity contribution is 5.86. The number of methoxy groups -OCH3 is 1. The second-order valence-electron chi connectivity index (χ2n) is 5.54. The average Bonchev–Trinajstić information content (AvgIpc) is 2.71. The number of hydrogen-bond acceptors (Lipinski definition) is 2. The molecule has 0 spiro atoms. The van der Waals surface area contributed by atoms with Crippen molar-refractivity contribution in [2.24, 2.45) is 0 Å². The summed E-state index contributed by atoms with van der Waals surface area (Å²) >= 11 is 0. The predicted octanol–water partition coefficient (Wildman–Crippen LogP) is 2.99. The Kier molecular flexibility index (Phi) is 3.35. The number of hydrogen-bond donors (Lipinski definition) is 0. The van der Waals surface area contributed by atoms with Crippen molar-refractivity contribution in [3.63, 3.8) is 0 Å². The fourth-order valence-corrected chi connectivity index (χ4v) is 2.07. The molecule has 0 unspecified atom stereocenters. The molecule has 2 rings (SSSR count). The molecule has 1 aromatic carbocycles. The van der Waals surface area contributed by atoms with E-state index in [2.05, 4.69) is 55.7 Å². The van der Waals surface area contributed by atoms with Crippen LogP contribution in [0.2, 0.25) is 0 Å². The fraction of sp³-hybridized carbons (Fsp3) is 0.467. The Labute approximate surface area is 109 Å². The van der Waals surface area contributed by atoms with Crippen molar-refractivity contribution in [3.8, 4) is 5.75 Å². The van der Waals surface area contributed by atoms with Crippen LogP contribution in [-0.4, -0.2) is 36.2 Å². The van der Waals surface area contributed by atoms with E-state index in [4.69, 9.17) is 4.74 Å². The fourth-order valence-electron chi connectivity index (χ4n) is 2.07. The van der Waals surface area contributed by atoms with Crippen LogP contribution in [0, 0.1) is 0 Å². The second kappa shape index (κ2) is 4.65. The van der Waals surface area contributed by atoms with Crippen LogP contribution in [0.3, 0.4) is 0 Å². The minimum atomic E-state index is 0.120. The van der Waals surface area contributed by atoms with Crippen LogP contribution in [-0.2, 0) is 6.54 Å². The molecule has 0 amide bonds. The van der Waals surface area contributed by atoms with E-state index in [1.807, 2.05) is 12.1 Å². The van der Waals surface area contributed by atoms with E-state index in [0.29, 0.717) is 0 Å². The van der Waals surface area contributed by atoms with Gasteiger partial charge in [0.25, 0.3) is 0 Å². The number of nitrogens with zero attached hydrogens (tertiary/aromatic N) is 2. The van der Waals surface area contributed by atoms with Crippen molar-refractivity contribution in [1.82, 2.24) is 9.47 Å². The Hall–Kier alpha value is -1.48. The zero-order chi connectivity index (χ0) is 13.3. The third kappa shape index (κ3) is 2.23. The van der Waals surface area contributed by atoms with Gasteiger partial charge in [-0.1, -0.05) is 6.07 Å². The molecule has 0 fully saturated rings. The van der Waals surface area contributed by atoms with Gasteiger partial charge >= 0.3 is 0 Å². The normalized spacial score (nSPS) is 12.3. The first kappa shape index (κ1) is 13.0. The van der Waals surface area contributed by atoms with Crippen molar-refractivity contribution in [1.29, 1.82) is 0 Å². The summed E-state index contributed by atoms with van der Waals surface area (Å²) in [4.78, 5) is 2.25. The van der Waals surface area contributed by atoms with E-state index in [9.17, 15) is 0 Å². The molecule has 0 saturated carbocycles. The van der Waals surface area contributed by atoms with Crippen molar-refractivity contribution in [3.05, 3.63) is 30.5 Å². The standard InChI is InChI=1S/C15H22N2O/c1-15(2,16(3)4)11-17-10-9-12-13(17)7-6-8-14(12)18-5/h6-10H,11H2,1-5H3. The van der Waals surface area contributed by atoms with Gasteiger partial charge in [0.2, 0.25) is 0 Å². The number of fused-ring (bicyclic) bond motifs is 1. The number of aromatic nitrogens is 1. The Morgan fingerprint density at radius 2 is 1.94 bits per heavy atom. The minimum Gasteiger partial charge on any atom is -0.496 e. The van der Waals surface area contributed by atoms with Gasteiger partial charge in [-0.05, 0) is 46.1 Å². The summed E-state index contributed by atoms with van der Waals surface area (Å²) in [5.41, 5.74) is 1.35. The Morgan fingerprint density at radius 3 is 2.56 bits per heavy atom. The van der Waals surface area contributed by atoms with E-state index in [1.165, 1.54) is 10.9 Å². The van der Waals surface area contributed by atoms with Crippen molar-refractivity contribution in [2.75, 3.05) is 21.2 Å². The molecular weight excluding hydrogens is 224 g/mol. The second-order valence-corrected chi connectivity index (χ2v) is 5.54. The lowest BCUT2D eigenvalue weighted by Crippen LogP contribution is -2.41. The van der Waals surface area contributed by atoms with Crippen molar-refractivity contribution >= 4 is 10.9 Å². The van der Waals surface area contributed by atoms with Gasteiger partial charge in [0.05, 0.1) is 12.6 Å². The molecule has 0 aliphatic rings. The van der Waals surface area contributed by atoms with E-state index >= 15 is 0 Å². The van der Waals surface area contributed by atoms with Crippen LogP contribution in [0.4, 0.5) is 0 Å². The molecule has 0 saturated heterocycles. The molecule has 1 heterocycles. The molecule has 0 radical (unpaired) electrons. The lowest BCUT2D eigenvalue weighted by molar-refractivity contribution is 0.171. The van der Waals surface area contributed by atoms with Crippen molar-refractivity contribution in [2.45, 2.75) is 25.9 Å². The first-order valence-corrected chi connectivity index (χ1v) is 6.25. The Morgan fingerprint density at radius 1 is 1.22 bits per heavy atom. The topological polar surface area (TPSA) is 17.4 Å². The molecule has 1 aromatic heterocycles. The third-order valence-corrected chi connectivity index (χ3v) is 3.76. The lowest BCUT2D eigenvalue weighted by Gasteiger charge is -2.33. The monoisotopic (exact) mass is 246 g/mol. The van der Waals surface area contributed by atoms with Gasteiger partial charge in [0, 0.05) is 23.7 Å². The Bertz CT molecular complexity index is 540. The van der Waals surface area contributed by atoms with E-state index in [-0.39, 0.29) is 5.54 Å². The van der Waals surface area contributed by atoms with Crippen molar-refractivity contribution < 1.29 is 4.74 Å². The highest BCUT2D eigenvalue weighted by Crippen LogP contribution is 2.27. The van der Waals surface area contributed by atoms with Gasteiger partial charge in [0.1, 0.15) is 5.75 Å². The predicted molar refractivity (Wildman–Crippen MR) is 76.3 cm³/mol. The molecule has 98 valence electrons. The molecule has 0 N–H and O–H groups in total. The number of benzene rings is 1. The average molecular weight is 246 g/mol. The van der Waals surface area contributed by atoms with Crippen LogP contribution in [0.25, 0.3) is 10.9 Å². The minimum absolute atomic E-state index is 0.120. The maximum atomic E-state index is 5.39. The first-order chi connectivity index (χ1) is 8.45. The third-order valence-electron chi connectivity index (χ3n) is 3.76. The van der Waals surface area contributed by atoms with E-state index in [1.54, 1.807) is 7.11 Å². The molecule has 0 aliphatic heterocycles. The summed E-state index contributed by atoms with van der Waals surface area (Å²) in [6.45, 7) is 5.45. The molecule has 3 nitrogen and oxygen atoms in total.